The van der Waals surface area contributed by atoms with E-state index < -0.39 is 0 Å². The van der Waals surface area contributed by atoms with Gasteiger partial charge in [-0.25, -0.2) is 0 Å². The number of rotatable bonds is 6. The Labute approximate surface area is 108 Å². The fraction of sp³-hybridized carbons (Fsp3) is 0.357. The highest BCUT2D eigenvalue weighted by atomic mass is 16.3. The van der Waals surface area contributed by atoms with Crippen molar-refractivity contribution in [3.63, 3.8) is 0 Å². The van der Waals surface area contributed by atoms with Gasteiger partial charge < -0.3 is 14.6 Å². The minimum Gasteiger partial charge on any atom is -0.472 e. The molecule has 2 aromatic heterocycles. The summed E-state index contributed by atoms with van der Waals surface area (Å²) in [5, 5.41) is 3.35. The zero-order valence-electron chi connectivity index (χ0n) is 10.9. The van der Waals surface area contributed by atoms with Crippen LogP contribution in [0.25, 0.3) is 0 Å². The number of aromatic nitrogens is 1. The van der Waals surface area contributed by atoms with Crippen LogP contribution in [0.2, 0.25) is 0 Å². The lowest BCUT2D eigenvalue weighted by molar-refractivity contribution is 0.563. The van der Waals surface area contributed by atoms with Gasteiger partial charge in [-0.15, -0.1) is 0 Å². The standard InChI is InChI=1S/C14H19N3O/c1-3-15-8-13-4-6-16-9-14(13)17(2)10-12-5-7-18-11-12/h4-7,9,11,15H,3,8,10H2,1-2H3. The molecule has 4 heteroatoms. The number of nitrogens with one attached hydrogen (secondary N) is 1. The Hall–Kier alpha value is -1.81. The summed E-state index contributed by atoms with van der Waals surface area (Å²) >= 11 is 0. The van der Waals surface area contributed by atoms with Crippen LogP contribution in [-0.2, 0) is 13.1 Å². The third-order valence-corrected chi connectivity index (χ3v) is 2.86. The van der Waals surface area contributed by atoms with E-state index in [2.05, 4.69) is 35.2 Å². The predicted octanol–water partition coefficient (Wildman–Crippen LogP) is 2.42. The molecule has 96 valence electrons. The highest BCUT2D eigenvalue weighted by Crippen LogP contribution is 2.19. The largest absolute Gasteiger partial charge is 0.472 e. The zero-order chi connectivity index (χ0) is 12.8. The third kappa shape index (κ3) is 3.11. The molecule has 0 aliphatic rings. The van der Waals surface area contributed by atoms with E-state index in [1.54, 1.807) is 12.5 Å². The van der Waals surface area contributed by atoms with Crippen molar-refractivity contribution in [1.82, 2.24) is 10.3 Å². The van der Waals surface area contributed by atoms with Crippen LogP contribution in [0.15, 0.2) is 41.5 Å². The summed E-state index contributed by atoms with van der Waals surface area (Å²) in [7, 11) is 2.07. The molecular weight excluding hydrogens is 226 g/mol. The average Bonchev–Trinajstić information content (AvgIpc) is 2.89. The number of nitrogens with zero attached hydrogens (tertiary/aromatic N) is 2. The molecule has 0 bridgehead atoms. The molecule has 1 N–H and O–H groups in total. The molecule has 0 aromatic carbocycles. The van der Waals surface area contributed by atoms with Crippen LogP contribution in [0.1, 0.15) is 18.1 Å². The Bertz CT molecular complexity index is 468. The van der Waals surface area contributed by atoms with Crippen LogP contribution in [-0.4, -0.2) is 18.6 Å². The van der Waals surface area contributed by atoms with Crippen molar-refractivity contribution in [2.75, 3.05) is 18.5 Å². The molecule has 2 heterocycles. The monoisotopic (exact) mass is 245 g/mol. The van der Waals surface area contributed by atoms with Gasteiger partial charge in [0.15, 0.2) is 0 Å². The normalized spacial score (nSPS) is 10.6. The minimum absolute atomic E-state index is 0.821. The first-order valence-corrected chi connectivity index (χ1v) is 6.17. The molecule has 2 rings (SSSR count). The van der Waals surface area contributed by atoms with Gasteiger partial charge in [0.2, 0.25) is 0 Å². The molecule has 18 heavy (non-hydrogen) atoms. The van der Waals surface area contributed by atoms with Crippen LogP contribution < -0.4 is 10.2 Å². The maximum Gasteiger partial charge on any atom is 0.0952 e. The highest BCUT2D eigenvalue weighted by Gasteiger charge is 2.08. The average molecular weight is 245 g/mol. The lowest BCUT2D eigenvalue weighted by Crippen LogP contribution is -2.20. The van der Waals surface area contributed by atoms with Gasteiger partial charge in [-0.1, -0.05) is 6.92 Å². The maximum atomic E-state index is 5.09. The number of anilines is 1. The fourth-order valence-corrected chi connectivity index (χ4v) is 1.91. The Morgan fingerprint density at radius 2 is 2.28 bits per heavy atom. The quantitative estimate of drug-likeness (QED) is 0.848. The van der Waals surface area contributed by atoms with E-state index in [1.807, 2.05) is 18.5 Å². The van der Waals surface area contributed by atoms with Crippen molar-refractivity contribution in [2.24, 2.45) is 0 Å². The van der Waals surface area contributed by atoms with Crippen LogP contribution in [0.4, 0.5) is 5.69 Å². The number of furan rings is 1. The Morgan fingerprint density at radius 1 is 1.39 bits per heavy atom. The Morgan fingerprint density at radius 3 is 3.00 bits per heavy atom. The second kappa shape index (κ2) is 6.21. The summed E-state index contributed by atoms with van der Waals surface area (Å²) in [6.45, 7) is 4.76. The first-order valence-electron chi connectivity index (χ1n) is 6.17. The van der Waals surface area contributed by atoms with Crippen molar-refractivity contribution in [3.8, 4) is 0 Å². The molecule has 2 aromatic rings. The molecule has 0 amide bonds. The zero-order valence-corrected chi connectivity index (χ0v) is 10.9. The molecule has 0 aliphatic heterocycles. The molecule has 0 spiro atoms. The van der Waals surface area contributed by atoms with Gasteiger partial charge in [-0.05, 0) is 24.2 Å². The first-order chi connectivity index (χ1) is 8.81. The minimum atomic E-state index is 0.821. The van der Waals surface area contributed by atoms with Gasteiger partial charge in [-0.3, -0.25) is 4.98 Å². The molecule has 0 aliphatic carbocycles. The number of hydrogen-bond donors (Lipinski definition) is 1. The molecular formula is C14H19N3O. The van der Waals surface area contributed by atoms with E-state index >= 15 is 0 Å². The summed E-state index contributed by atoms with van der Waals surface area (Å²) < 4.78 is 5.09. The molecule has 0 radical (unpaired) electrons. The van der Waals surface area contributed by atoms with Gasteiger partial charge in [0.1, 0.15) is 0 Å². The van der Waals surface area contributed by atoms with E-state index in [9.17, 15) is 0 Å². The number of pyridine rings is 1. The highest BCUT2D eigenvalue weighted by molar-refractivity contribution is 5.51. The Kier molecular flexibility index (Phi) is 4.36. The van der Waals surface area contributed by atoms with E-state index in [0.717, 1.165) is 30.9 Å². The van der Waals surface area contributed by atoms with Gasteiger partial charge >= 0.3 is 0 Å². The van der Waals surface area contributed by atoms with Gasteiger partial charge in [0.05, 0.1) is 24.4 Å². The molecule has 0 saturated heterocycles. The number of hydrogen-bond acceptors (Lipinski definition) is 4. The van der Waals surface area contributed by atoms with Crippen molar-refractivity contribution in [2.45, 2.75) is 20.0 Å². The van der Waals surface area contributed by atoms with E-state index in [4.69, 9.17) is 4.42 Å². The first kappa shape index (κ1) is 12.6. The Balaban J connectivity index is 2.11. The topological polar surface area (TPSA) is 41.3 Å². The van der Waals surface area contributed by atoms with E-state index in [1.165, 1.54) is 5.56 Å². The van der Waals surface area contributed by atoms with Crippen molar-refractivity contribution in [1.29, 1.82) is 0 Å². The second-order valence-corrected chi connectivity index (χ2v) is 4.27. The summed E-state index contributed by atoms with van der Waals surface area (Å²) in [5.74, 6) is 0. The lowest BCUT2D eigenvalue weighted by atomic mass is 10.2. The molecule has 4 nitrogen and oxygen atoms in total. The molecule has 0 saturated carbocycles. The lowest BCUT2D eigenvalue weighted by Gasteiger charge is -2.21. The molecule has 0 unspecified atom stereocenters. The summed E-state index contributed by atoms with van der Waals surface area (Å²) in [5.41, 5.74) is 3.58. The van der Waals surface area contributed by atoms with Gasteiger partial charge in [0, 0.05) is 31.9 Å². The second-order valence-electron chi connectivity index (χ2n) is 4.27. The SMILES string of the molecule is CCNCc1ccncc1N(C)Cc1ccoc1. The van der Waals surface area contributed by atoms with E-state index in [0.29, 0.717) is 0 Å². The van der Waals surface area contributed by atoms with Crippen molar-refractivity contribution in [3.05, 3.63) is 48.2 Å². The summed E-state index contributed by atoms with van der Waals surface area (Å²) in [6, 6.07) is 4.04. The van der Waals surface area contributed by atoms with Crippen LogP contribution in [0.5, 0.6) is 0 Å². The van der Waals surface area contributed by atoms with E-state index in [-0.39, 0.29) is 0 Å². The third-order valence-electron chi connectivity index (χ3n) is 2.86. The summed E-state index contributed by atoms with van der Waals surface area (Å²) in [4.78, 5) is 6.40. The maximum absolute atomic E-state index is 5.09. The fourth-order valence-electron chi connectivity index (χ4n) is 1.91. The van der Waals surface area contributed by atoms with Crippen LogP contribution in [0, 0.1) is 0 Å². The predicted molar refractivity (Wildman–Crippen MR) is 72.4 cm³/mol. The van der Waals surface area contributed by atoms with Crippen LogP contribution >= 0.6 is 0 Å². The molecule has 0 atom stereocenters. The molecule has 0 fully saturated rings. The van der Waals surface area contributed by atoms with Crippen molar-refractivity contribution < 1.29 is 4.42 Å². The van der Waals surface area contributed by atoms with Crippen molar-refractivity contribution >= 4 is 5.69 Å². The van der Waals surface area contributed by atoms with Gasteiger partial charge in [-0.2, -0.15) is 0 Å². The van der Waals surface area contributed by atoms with Crippen LogP contribution in [0.3, 0.4) is 0 Å². The summed E-state index contributed by atoms with van der Waals surface area (Å²) in [6.07, 6.45) is 7.22. The van der Waals surface area contributed by atoms with Gasteiger partial charge in [0.25, 0.3) is 0 Å². The smallest absolute Gasteiger partial charge is 0.0952 e.